The van der Waals surface area contributed by atoms with Crippen LogP contribution in [0.3, 0.4) is 0 Å². The van der Waals surface area contributed by atoms with Crippen LogP contribution in [0.4, 0.5) is 0 Å². The molecular weight excluding hydrogens is 328 g/mol. The first kappa shape index (κ1) is 17.7. The molecule has 0 fully saturated rings. The number of pyridine rings is 1. The minimum atomic E-state index is -0.325. The molecule has 26 heavy (non-hydrogen) atoms. The molecule has 134 valence electrons. The number of nitrogens with one attached hydrogen (secondary N) is 3. The van der Waals surface area contributed by atoms with Gasteiger partial charge in [0.1, 0.15) is 0 Å². The maximum Gasteiger partial charge on any atom is 0.267 e. The van der Waals surface area contributed by atoms with Crippen LogP contribution in [0.15, 0.2) is 47.5 Å². The quantitative estimate of drug-likeness (QED) is 0.660. The van der Waals surface area contributed by atoms with E-state index in [0.29, 0.717) is 11.3 Å². The Hall–Kier alpha value is -3.15. The zero-order chi connectivity index (χ0) is 18.7. The molecule has 2 heterocycles. The lowest BCUT2D eigenvalue weighted by atomic mass is 9.94. The molecule has 0 radical (unpaired) electrons. The Morgan fingerprint density at radius 3 is 2.65 bits per heavy atom. The van der Waals surface area contributed by atoms with E-state index in [1.807, 2.05) is 38.1 Å². The lowest BCUT2D eigenvalue weighted by Crippen LogP contribution is -2.32. The zero-order valence-corrected chi connectivity index (χ0v) is 15.1. The van der Waals surface area contributed by atoms with E-state index in [1.165, 1.54) is 0 Å². The summed E-state index contributed by atoms with van der Waals surface area (Å²) < 4.78 is 0. The molecule has 0 saturated carbocycles. The fourth-order valence-corrected chi connectivity index (χ4v) is 3.02. The molecule has 3 N–H and O–H groups in total. The Balaban J connectivity index is 1.93. The fraction of sp³-hybridized carbons (Fsp3) is 0.250. The predicted molar refractivity (Wildman–Crippen MR) is 100.0 cm³/mol. The molecule has 0 aliphatic rings. The molecular formula is C20H22N4O2. The average molecular weight is 350 g/mol. The van der Waals surface area contributed by atoms with Crippen LogP contribution < -0.4 is 10.9 Å². The number of H-pyrrole nitrogens is 2. The first-order chi connectivity index (χ1) is 12.5. The normalized spacial score (nSPS) is 12.0. The summed E-state index contributed by atoms with van der Waals surface area (Å²) in [6.07, 6.45) is 3.47. The Bertz CT molecular complexity index is 973. The zero-order valence-electron chi connectivity index (χ0n) is 15.1. The smallest absolute Gasteiger partial charge is 0.267 e. The topological polar surface area (TPSA) is 90.6 Å². The number of aryl methyl sites for hydroxylation is 3. The molecule has 1 aromatic carbocycles. The third-order valence-electron chi connectivity index (χ3n) is 4.50. The molecule has 1 atom stereocenters. The van der Waals surface area contributed by atoms with E-state index >= 15 is 0 Å². The van der Waals surface area contributed by atoms with E-state index in [-0.39, 0.29) is 23.9 Å². The van der Waals surface area contributed by atoms with Crippen molar-refractivity contribution in [2.75, 3.05) is 0 Å². The first-order valence-electron chi connectivity index (χ1n) is 8.48. The average Bonchev–Trinajstić information content (AvgIpc) is 2.94. The van der Waals surface area contributed by atoms with Gasteiger partial charge in [-0.25, -0.2) is 0 Å². The van der Waals surface area contributed by atoms with Crippen molar-refractivity contribution >= 4 is 5.91 Å². The van der Waals surface area contributed by atoms with Gasteiger partial charge >= 0.3 is 0 Å². The van der Waals surface area contributed by atoms with E-state index < -0.39 is 0 Å². The highest BCUT2D eigenvalue weighted by Gasteiger charge is 2.20. The number of nitrogens with zero attached hydrogens (tertiary/aromatic N) is 1. The molecule has 2 aromatic heterocycles. The van der Waals surface area contributed by atoms with Crippen molar-refractivity contribution in [3.8, 4) is 0 Å². The van der Waals surface area contributed by atoms with E-state index in [9.17, 15) is 9.59 Å². The van der Waals surface area contributed by atoms with Gasteiger partial charge in [-0.15, -0.1) is 0 Å². The SMILES string of the molecule is Cc1ccc(C)c(C(NC(=O)Cc2c(C)[nH][nH]c2=O)c2cccnc2)c1. The highest BCUT2D eigenvalue weighted by molar-refractivity contribution is 5.79. The van der Waals surface area contributed by atoms with Crippen LogP contribution in [0, 0.1) is 20.8 Å². The highest BCUT2D eigenvalue weighted by atomic mass is 16.2. The molecule has 0 spiro atoms. The van der Waals surface area contributed by atoms with Gasteiger partial charge in [0.15, 0.2) is 0 Å². The largest absolute Gasteiger partial charge is 0.345 e. The summed E-state index contributed by atoms with van der Waals surface area (Å²) in [6, 6.07) is 9.62. The van der Waals surface area contributed by atoms with Gasteiger partial charge in [0, 0.05) is 23.7 Å². The number of aromatic amines is 2. The van der Waals surface area contributed by atoms with Crippen molar-refractivity contribution in [1.82, 2.24) is 20.5 Å². The van der Waals surface area contributed by atoms with Gasteiger partial charge in [0.2, 0.25) is 5.91 Å². The number of rotatable bonds is 5. The van der Waals surface area contributed by atoms with Crippen LogP contribution in [0.1, 0.15) is 39.6 Å². The van der Waals surface area contributed by atoms with Crippen molar-refractivity contribution in [2.24, 2.45) is 0 Å². The molecule has 6 nitrogen and oxygen atoms in total. The monoisotopic (exact) mass is 350 g/mol. The van der Waals surface area contributed by atoms with Crippen molar-refractivity contribution in [3.63, 3.8) is 0 Å². The van der Waals surface area contributed by atoms with Gasteiger partial charge in [-0.1, -0.05) is 29.8 Å². The highest BCUT2D eigenvalue weighted by Crippen LogP contribution is 2.25. The van der Waals surface area contributed by atoms with Crippen molar-refractivity contribution in [1.29, 1.82) is 0 Å². The predicted octanol–water partition coefficient (Wildman–Crippen LogP) is 2.47. The van der Waals surface area contributed by atoms with E-state index in [1.54, 1.807) is 19.3 Å². The summed E-state index contributed by atoms with van der Waals surface area (Å²) >= 11 is 0. The Labute approximate surface area is 151 Å². The second kappa shape index (κ2) is 7.39. The minimum absolute atomic E-state index is 0.0201. The molecule has 0 bridgehead atoms. The number of hydrogen-bond acceptors (Lipinski definition) is 3. The number of carbonyl (C=O) groups is 1. The summed E-state index contributed by atoms with van der Waals surface area (Å²) in [6.45, 7) is 5.81. The molecule has 3 rings (SSSR count). The van der Waals surface area contributed by atoms with Gasteiger partial charge < -0.3 is 10.4 Å². The van der Waals surface area contributed by atoms with Crippen molar-refractivity contribution in [3.05, 3.63) is 86.6 Å². The summed E-state index contributed by atoms with van der Waals surface area (Å²) in [7, 11) is 0. The van der Waals surface area contributed by atoms with Crippen LogP contribution in [0.25, 0.3) is 0 Å². The lowest BCUT2D eigenvalue weighted by Gasteiger charge is -2.22. The Morgan fingerprint density at radius 1 is 1.19 bits per heavy atom. The number of carbonyl (C=O) groups excluding carboxylic acids is 1. The van der Waals surface area contributed by atoms with Gasteiger partial charge in [-0.05, 0) is 43.5 Å². The van der Waals surface area contributed by atoms with E-state index in [4.69, 9.17) is 0 Å². The fourth-order valence-electron chi connectivity index (χ4n) is 3.02. The second-order valence-corrected chi connectivity index (χ2v) is 6.51. The standard InChI is InChI=1S/C20H22N4O2/c1-12-6-7-13(2)16(9-12)19(15-5-4-8-21-11-15)22-18(25)10-17-14(3)23-24-20(17)26/h4-9,11,19H,10H2,1-3H3,(H,22,25)(H2,23,24,26). The molecule has 6 heteroatoms. The number of benzene rings is 1. The molecule has 3 aromatic rings. The minimum Gasteiger partial charge on any atom is -0.345 e. The number of amides is 1. The van der Waals surface area contributed by atoms with Gasteiger partial charge in [0.25, 0.3) is 5.56 Å². The van der Waals surface area contributed by atoms with Crippen molar-refractivity contribution in [2.45, 2.75) is 33.2 Å². The van der Waals surface area contributed by atoms with Crippen LogP contribution >= 0.6 is 0 Å². The van der Waals surface area contributed by atoms with Gasteiger partial charge in [0.05, 0.1) is 12.5 Å². The van der Waals surface area contributed by atoms with Gasteiger partial charge in [-0.3, -0.25) is 19.7 Å². The number of hydrogen-bond donors (Lipinski definition) is 3. The van der Waals surface area contributed by atoms with Crippen LogP contribution in [0.2, 0.25) is 0 Å². The van der Waals surface area contributed by atoms with Gasteiger partial charge in [-0.2, -0.15) is 0 Å². The third-order valence-corrected chi connectivity index (χ3v) is 4.50. The third kappa shape index (κ3) is 3.74. The summed E-state index contributed by atoms with van der Waals surface area (Å²) in [4.78, 5) is 28.7. The Morgan fingerprint density at radius 2 is 2.00 bits per heavy atom. The Kier molecular flexibility index (Phi) is 5.02. The van der Waals surface area contributed by atoms with Crippen LogP contribution in [0.5, 0.6) is 0 Å². The van der Waals surface area contributed by atoms with Crippen LogP contribution in [-0.2, 0) is 11.2 Å². The van der Waals surface area contributed by atoms with E-state index in [2.05, 4.69) is 26.6 Å². The molecule has 0 aliphatic carbocycles. The molecule has 0 saturated heterocycles. The first-order valence-corrected chi connectivity index (χ1v) is 8.48. The molecule has 1 unspecified atom stereocenters. The number of aromatic nitrogens is 3. The summed E-state index contributed by atoms with van der Waals surface area (Å²) in [5.74, 6) is -0.215. The van der Waals surface area contributed by atoms with Crippen molar-refractivity contribution < 1.29 is 4.79 Å². The maximum absolute atomic E-state index is 12.7. The maximum atomic E-state index is 12.7. The van der Waals surface area contributed by atoms with Crippen LogP contribution in [-0.4, -0.2) is 21.1 Å². The second-order valence-electron chi connectivity index (χ2n) is 6.51. The lowest BCUT2D eigenvalue weighted by molar-refractivity contribution is -0.121. The summed E-state index contributed by atoms with van der Waals surface area (Å²) in [5, 5.41) is 8.32. The van der Waals surface area contributed by atoms with E-state index in [0.717, 1.165) is 22.3 Å². The molecule has 1 amide bonds. The molecule has 0 aliphatic heterocycles. The summed E-state index contributed by atoms with van der Waals surface area (Å²) in [5.41, 5.74) is 4.98.